The zero-order valence-corrected chi connectivity index (χ0v) is 16.5. The number of nitrogens with zero attached hydrogens (tertiary/aromatic N) is 1. The second kappa shape index (κ2) is 7.30. The summed E-state index contributed by atoms with van der Waals surface area (Å²) in [7, 11) is 4.30. The standard InChI is InChI=1S/C21H28N2OS/c1-15-9-7-10-17(16(15)2)20(24)22-19(18-11-8-14-25-18)21(23(3)4)12-5-6-13-21/h7-11,14,19H,5-6,12-13H2,1-4H3,(H,22,24)/t19-/m1/s1. The van der Waals surface area contributed by atoms with Gasteiger partial charge in [-0.3, -0.25) is 4.79 Å². The molecule has 1 atom stereocenters. The number of nitrogens with one attached hydrogen (secondary N) is 1. The molecule has 1 saturated carbocycles. The van der Waals surface area contributed by atoms with Gasteiger partial charge in [-0.15, -0.1) is 11.3 Å². The van der Waals surface area contributed by atoms with E-state index in [1.54, 1.807) is 11.3 Å². The van der Waals surface area contributed by atoms with Crippen LogP contribution >= 0.6 is 11.3 Å². The molecular weight excluding hydrogens is 328 g/mol. The Hall–Kier alpha value is -1.65. The van der Waals surface area contributed by atoms with Crippen molar-refractivity contribution in [2.75, 3.05) is 14.1 Å². The number of likely N-dealkylation sites (N-methyl/N-ethyl adjacent to an activating group) is 1. The van der Waals surface area contributed by atoms with Gasteiger partial charge in [-0.2, -0.15) is 0 Å². The summed E-state index contributed by atoms with van der Waals surface area (Å²) in [6.45, 7) is 4.09. The van der Waals surface area contributed by atoms with Gasteiger partial charge in [0, 0.05) is 16.0 Å². The minimum Gasteiger partial charge on any atom is -0.343 e. The summed E-state index contributed by atoms with van der Waals surface area (Å²) in [5, 5.41) is 5.50. The van der Waals surface area contributed by atoms with Crippen LogP contribution in [0.15, 0.2) is 35.7 Å². The molecule has 0 bridgehead atoms. The number of hydrogen-bond donors (Lipinski definition) is 1. The van der Waals surface area contributed by atoms with Crippen LogP contribution in [0.5, 0.6) is 0 Å². The molecule has 25 heavy (non-hydrogen) atoms. The van der Waals surface area contributed by atoms with Gasteiger partial charge in [0.15, 0.2) is 0 Å². The van der Waals surface area contributed by atoms with Gasteiger partial charge >= 0.3 is 0 Å². The zero-order chi connectivity index (χ0) is 18.0. The van der Waals surface area contributed by atoms with Crippen LogP contribution in [0.25, 0.3) is 0 Å². The van der Waals surface area contributed by atoms with Crippen molar-refractivity contribution in [3.8, 4) is 0 Å². The fourth-order valence-corrected chi connectivity index (χ4v) is 5.00. The van der Waals surface area contributed by atoms with E-state index in [9.17, 15) is 4.79 Å². The lowest BCUT2D eigenvalue weighted by Crippen LogP contribution is -2.53. The topological polar surface area (TPSA) is 32.3 Å². The summed E-state index contributed by atoms with van der Waals surface area (Å²) < 4.78 is 0. The first-order valence-corrected chi connectivity index (χ1v) is 9.91. The summed E-state index contributed by atoms with van der Waals surface area (Å²) in [4.78, 5) is 16.7. The number of carbonyl (C=O) groups excluding carboxylic acids is 1. The summed E-state index contributed by atoms with van der Waals surface area (Å²) in [5.41, 5.74) is 3.00. The maximum Gasteiger partial charge on any atom is 0.252 e. The van der Waals surface area contributed by atoms with Gasteiger partial charge in [-0.1, -0.05) is 31.0 Å². The average molecular weight is 357 g/mol. The van der Waals surface area contributed by atoms with Crippen molar-refractivity contribution < 1.29 is 4.79 Å². The van der Waals surface area contributed by atoms with Crippen molar-refractivity contribution >= 4 is 17.2 Å². The number of hydrogen-bond acceptors (Lipinski definition) is 3. The second-order valence-corrected chi connectivity index (χ2v) is 8.35. The largest absolute Gasteiger partial charge is 0.343 e. The number of aryl methyl sites for hydroxylation is 1. The van der Waals surface area contributed by atoms with Crippen LogP contribution in [0, 0.1) is 13.8 Å². The lowest BCUT2D eigenvalue weighted by Gasteiger charge is -2.43. The SMILES string of the molecule is Cc1cccc(C(=O)N[C@H](c2cccs2)C2(N(C)C)CCCC2)c1C. The van der Waals surface area contributed by atoms with Crippen LogP contribution in [0.3, 0.4) is 0 Å². The first-order chi connectivity index (χ1) is 12.0. The van der Waals surface area contributed by atoms with Crippen LogP contribution < -0.4 is 5.32 Å². The summed E-state index contributed by atoms with van der Waals surface area (Å²) in [5.74, 6) is 0.0349. The van der Waals surface area contributed by atoms with Crippen molar-refractivity contribution in [2.45, 2.75) is 51.1 Å². The average Bonchev–Trinajstić information content (AvgIpc) is 3.27. The van der Waals surface area contributed by atoms with E-state index in [1.165, 1.54) is 17.7 Å². The van der Waals surface area contributed by atoms with Crippen molar-refractivity contribution in [1.29, 1.82) is 0 Å². The zero-order valence-electron chi connectivity index (χ0n) is 15.6. The molecule has 1 aliphatic carbocycles. The van der Waals surface area contributed by atoms with Crippen LogP contribution in [-0.2, 0) is 0 Å². The first-order valence-electron chi connectivity index (χ1n) is 9.03. The summed E-state index contributed by atoms with van der Waals surface area (Å²) >= 11 is 1.74. The molecule has 0 saturated heterocycles. The molecule has 1 fully saturated rings. The van der Waals surface area contributed by atoms with Crippen LogP contribution in [0.2, 0.25) is 0 Å². The molecule has 1 N–H and O–H groups in total. The molecule has 0 aliphatic heterocycles. The van der Waals surface area contributed by atoms with E-state index in [4.69, 9.17) is 0 Å². The normalized spacial score (nSPS) is 17.6. The maximum atomic E-state index is 13.1. The fourth-order valence-electron chi connectivity index (χ4n) is 4.11. The Kier molecular flexibility index (Phi) is 5.30. The van der Waals surface area contributed by atoms with E-state index >= 15 is 0 Å². The molecule has 2 aromatic rings. The van der Waals surface area contributed by atoms with E-state index in [1.807, 2.05) is 19.1 Å². The molecule has 134 valence electrons. The molecule has 3 rings (SSSR count). The highest BCUT2D eigenvalue weighted by molar-refractivity contribution is 7.10. The molecule has 1 aromatic carbocycles. The van der Waals surface area contributed by atoms with Gasteiger partial charge in [0.1, 0.15) is 0 Å². The number of amides is 1. The Labute approximate surface area is 155 Å². The van der Waals surface area contributed by atoms with Gasteiger partial charge < -0.3 is 10.2 Å². The van der Waals surface area contributed by atoms with Crippen molar-refractivity contribution in [3.05, 3.63) is 57.3 Å². The quantitative estimate of drug-likeness (QED) is 0.841. The predicted molar refractivity (Wildman–Crippen MR) is 105 cm³/mol. The van der Waals surface area contributed by atoms with Crippen molar-refractivity contribution in [1.82, 2.24) is 10.2 Å². The number of rotatable bonds is 5. The van der Waals surface area contributed by atoms with Gasteiger partial charge in [-0.25, -0.2) is 0 Å². The van der Waals surface area contributed by atoms with Gasteiger partial charge in [0.25, 0.3) is 5.91 Å². The van der Waals surface area contributed by atoms with Gasteiger partial charge in [0.2, 0.25) is 0 Å². The lowest BCUT2D eigenvalue weighted by molar-refractivity contribution is 0.0772. The molecule has 1 amide bonds. The van der Waals surface area contributed by atoms with Crippen LogP contribution in [-0.4, -0.2) is 30.4 Å². The Balaban J connectivity index is 1.96. The summed E-state index contributed by atoms with van der Waals surface area (Å²) in [6, 6.07) is 10.2. The minimum absolute atomic E-state index is 0.00174. The molecule has 0 unspecified atom stereocenters. The van der Waals surface area contributed by atoms with Crippen LogP contribution in [0.4, 0.5) is 0 Å². The van der Waals surface area contributed by atoms with Crippen LogP contribution in [0.1, 0.15) is 58.1 Å². The van der Waals surface area contributed by atoms with Gasteiger partial charge in [0.05, 0.1) is 6.04 Å². The molecule has 4 heteroatoms. The van der Waals surface area contributed by atoms with E-state index < -0.39 is 0 Å². The van der Waals surface area contributed by atoms with E-state index in [-0.39, 0.29) is 17.5 Å². The molecule has 1 heterocycles. The van der Waals surface area contributed by atoms with E-state index in [0.717, 1.165) is 29.5 Å². The fraction of sp³-hybridized carbons (Fsp3) is 0.476. The minimum atomic E-state index is -0.00174. The van der Waals surface area contributed by atoms with Crippen molar-refractivity contribution in [3.63, 3.8) is 0 Å². The molecular formula is C21H28N2OS. The Bertz CT molecular complexity index is 730. The second-order valence-electron chi connectivity index (χ2n) is 7.37. The third-order valence-electron chi connectivity index (χ3n) is 5.85. The maximum absolute atomic E-state index is 13.1. The molecule has 0 radical (unpaired) electrons. The summed E-state index contributed by atoms with van der Waals surface area (Å²) in [6.07, 6.45) is 4.68. The Morgan fingerprint density at radius 3 is 2.48 bits per heavy atom. The smallest absolute Gasteiger partial charge is 0.252 e. The Morgan fingerprint density at radius 1 is 1.16 bits per heavy atom. The highest BCUT2D eigenvalue weighted by atomic mass is 32.1. The Morgan fingerprint density at radius 2 is 1.88 bits per heavy atom. The number of benzene rings is 1. The van der Waals surface area contributed by atoms with E-state index in [2.05, 4.69) is 54.8 Å². The van der Waals surface area contributed by atoms with Gasteiger partial charge in [-0.05, 0) is 69.4 Å². The third-order valence-corrected chi connectivity index (χ3v) is 6.79. The monoisotopic (exact) mass is 356 g/mol. The molecule has 3 nitrogen and oxygen atoms in total. The van der Waals surface area contributed by atoms with E-state index in [0.29, 0.717) is 0 Å². The predicted octanol–water partition coefficient (Wildman–Crippen LogP) is 4.71. The molecule has 0 spiro atoms. The highest BCUT2D eigenvalue weighted by Crippen LogP contribution is 2.44. The first kappa shape index (κ1) is 18.2. The third kappa shape index (κ3) is 3.38. The molecule has 1 aromatic heterocycles. The van der Waals surface area contributed by atoms with Crippen molar-refractivity contribution in [2.24, 2.45) is 0 Å². The number of carbonyl (C=O) groups is 1. The lowest BCUT2D eigenvalue weighted by atomic mass is 9.85. The number of thiophene rings is 1. The highest BCUT2D eigenvalue weighted by Gasteiger charge is 2.45. The molecule has 1 aliphatic rings.